The van der Waals surface area contributed by atoms with Gasteiger partial charge in [0.25, 0.3) is 8.32 Å². The second kappa shape index (κ2) is 6.56. The number of cyclic esters (lactones) is 1. The van der Waals surface area contributed by atoms with E-state index in [0.717, 1.165) is 0 Å². The third-order valence-electron chi connectivity index (χ3n) is 6.73. The average molecular weight is 373 g/mol. The molecule has 0 bridgehead atoms. The molecule has 3 atom stereocenters. The lowest BCUT2D eigenvalue weighted by molar-refractivity contribution is -0.144. The summed E-state index contributed by atoms with van der Waals surface area (Å²) in [6, 6.07) is 10.3. The topological polar surface area (TPSA) is 35.5 Å². The van der Waals surface area contributed by atoms with E-state index in [1.807, 2.05) is 18.2 Å². The lowest BCUT2D eigenvalue weighted by Gasteiger charge is -2.43. The van der Waals surface area contributed by atoms with Gasteiger partial charge in [-0.2, -0.15) is 0 Å². The predicted octanol–water partition coefficient (Wildman–Crippen LogP) is 5.65. The van der Waals surface area contributed by atoms with Crippen molar-refractivity contribution >= 4 is 14.3 Å². The van der Waals surface area contributed by atoms with Crippen molar-refractivity contribution in [2.45, 2.75) is 64.1 Å². The molecule has 4 heteroatoms. The van der Waals surface area contributed by atoms with Crippen LogP contribution in [0.2, 0.25) is 16.6 Å². The van der Waals surface area contributed by atoms with Crippen LogP contribution in [0, 0.1) is 11.3 Å². The van der Waals surface area contributed by atoms with Crippen molar-refractivity contribution in [3.8, 4) is 0 Å². The van der Waals surface area contributed by atoms with Crippen LogP contribution in [-0.2, 0) is 14.0 Å². The monoisotopic (exact) mass is 372 g/mol. The molecule has 26 heavy (non-hydrogen) atoms. The second-order valence-electron chi connectivity index (χ2n) is 8.81. The van der Waals surface area contributed by atoms with E-state index in [0.29, 0.717) is 29.0 Å². The molecule has 0 spiro atoms. The van der Waals surface area contributed by atoms with E-state index in [4.69, 9.17) is 9.16 Å². The van der Waals surface area contributed by atoms with Gasteiger partial charge in [-0.05, 0) is 22.2 Å². The Bertz CT molecular complexity index is 673. The second-order valence-corrected chi connectivity index (χ2v) is 14.2. The number of rotatable bonds is 7. The highest BCUT2D eigenvalue weighted by Gasteiger charge is 2.77. The Hall–Kier alpha value is -1.55. The lowest BCUT2D eigenvalue weighted by Crippen LogP contribution is -2.48. The van der Waals surface area contributed by atoms with Crippen LogP contribution in [0.1, 0.15) is 53.0 Å². The fraction of sp³-hybridized carbons (Fsp3) is 0.591. The largest absolute Gasteiger partial charge is 0.545 e. The van der Waals surface area contributed by atoms with Gasteiger partial charge in [-0.1, -0.05) is 78.5 Å². The number of carbonyl (C=O) groups excluding carboxylic acids is 1. The lowest BCUT2D eigenvalue weighted by atomic mass is 9.97. The summed E-state index contributed by atoms with van der Waals surface area (Å²) < 4.78 is 12.2. The van der Waals surface area contributed by atoms with E-state index < -0.39 is 13.7 Å². The maximum Gasteiger partial charge on any atom is 0.320 e. The summed E-state index contributed by atoms with van der Waals surface area (Å²) >= 11 is 0. The molecule has 1 aliphatic carbocycles. The van der Waals surface area contributed by atoms with Gasteiger partial charge in [0.2, 0.25) is 0 Å². The summed E-state index contributed by atoms with van der Waals surface area (Å²) in [5.74, 6) is 0.792. The van der Waals surface area contributed by atoms with Crippen molar-refractivity contribution in [3.05, 3.63) is 48.2 Å². The maximum absolute atomic E-state index is 12.8. The molecule has 0 N–H and O–H groups in total. The summed E-state index contributed by atoms with van der Waals surface area (Å²) in [6.45, 7) is 18.3. The molecule has 1 aromatic rings. The molecule has 2 fully saturated rings. The third kappa shape index (κ3) is 2.49. The van der Waals surface area contributed by atoms with Gasteiger partial charge in [0, 0.05) is 11.8 Å². The maximum atomic E-state index is 12.8. The van der Waals surface area contributed by atoms with E-state index in [1.165, 1.54) is 5.56 Å². The molecule has 2 unspecified atom stereocenters. The van der Waals surface area contributed by atoms with Crippen LogP contribution in [0.25, 0.3) is 0 Å². The summed E-state index contributed by atoms with van der Waals surface area (Å²) in [6.07, 6.45) is 0. The predicted molar refractivity (Wildman–Crippen MR) is 107 cm³/mol. The minimum atomic E-state index is -2.15. The zero-order valence-electron chi connectivity index (χ0n) is 16.9. The number of hydrogen-bond donors (Lipinski definition) is 0. The van der Waals surface area contributed by atoms with Gasteiger partial charge in [0.05, 0.1) is 12.4 Å². The third-order valence-corrected chi connectivity index (χ3v) is 12.7. The Labute approximate surface area is 158 Å². The SMILES string of the molecule is C=C(O[Si](C(C)C)(C(C)C)C(C)C)[C@@]12C(=O)OCC1C2c1ccccc1. The normalized spacial score (nSPS) is 27.7. The summed E-state index contributed by atoms with van der Waals surface area (Å²) in [5.41, 5.74) is 1.84. The standard InChI is InChI=1S/C22H32O3Si/c1-14(2)26(15(3)4,16(5)6)25-17(7)22-19(13-24-21(22)23)20(22)18-11-9-8-10-12-18/h8-12,14-16,19-20H,7,13H2,1-6H3/t19?,20?,22-/m1/s1. The molecule has 3 nitrogen and oxygen atoms in total. The Morgan fingerprint density at radius 2 is 1.65 bits per heavy atom. The van der Waals surface area contributed by atoms with Gasteiger partial charge in [0.1, 0.15) is 5.41 Å². The van der Waals surface area contributed by atoms with Crippen molar-refractivity contribution in [3.63, 3.8) is 0 Å². The van der Waals surface area contributed by atoms with Gasteiger partial charge in [-0.25, -0.2) is 0 Å². The zero-order chi connectivity index (χ0) is 19.3. The highest BCUT2D eigenvalue weighted by Crippen LogP contribution is 2.72. The average Bonchev–Trinajstić information content (AvgIpc) is 3.16. The number of fused-ring (bicyclic) bond motifs is 1. The van der Waals surface area contributed by atoms with Crippen LogP contribution in [0.3, 0.4) is 0 Å². The number of ether oxygens (including phenoxy) is 1. The quantitative estimate of drug-likeness (QED) is 0.352. The summed E-state index contributed by atoms with van der Waals surface area (Å²) in [5, 5.41) is 0. The van der Waals surface area contributed by atoms with Crippen molar-refractivity contribution in [2.75, 3.05) is 6.61 Å². The van der Waals surface area contributed by atoms with Crippen LogP contribution in [-0.4, -0.2) is 20.9 Å². The number of hydrogen-bond acceptors (Lipinski definition) is 3. The molecule has 1 aromatic carbocycles. The molecule has 0 amide bonds. The zero-order valence-corrected chi connectivity index (χ0v) is 17.9. The number of benzene rings is 1. The van der Waals surface area contributed by atoms with E-state index in [9.17, 15) is 4.79 Å². The van der Waals surface area contributed by atoms with Crippen molar-refractivity contribution in [1.82, 2.24) is 0 Å². The Morgan fingerprint density at radius 3 is 2.15 bits per heavy atom. The molecule has 3 rings (SSSR count). The van der Waals surface area contributed by atoms with Crippen molar-refractivity contribution in [2.24, 2.45) is 11.3 Å². The first-order valence-corrected chi connectivity index (χ1v) is 11.9. The number of esters is 1. The molecular weight excluding hydrogens is 340 g/mol. The smallest absolute Gasteiger partial charge is 0.320 e. The minimum Gasteiger partial charge on any atom is -0.545 e. The molecule has 142 valence electrons. The van der Waals surface area contributed by atoms with Gasteiger partial charge < -0.3 is 9.16 Å². The first kappa shape index (κ1) is 19.2. The first-order chi connectivity index (χ1) is 12.2. The summed E-state index contributed by atoms with van der Waals surface area (Å²) in [7, 11) is -2.15. The Balaban J connectivity index is 1.96. The Morgan fingerprint density at radius 1 is 1.12 bits per heavy atom. The van der Waals surface area contributed by atoms with Crippen molar-refractivity contribution < 1.29 is 14.0 Å². The Kier molecular flexibility index (Phi) is 4.85. The minimum absolute atomic E-state index is 0.135. The van der Waals surface area contributed by atoms with Gasteiger partial charge in [-0.15, -0.1) is 0 Å². The molecule has 0 radical (unpaired) electrons. The highest BCUT2D eigenvalue weighted by atomic mass is 28.4. The van der Waals surface area contributed by atoms with E-state index in [2.05, 4.69) is 60.3 Å². The molecule has 2 aliphatic rings. The van der Waals surface area contributed by atoms with Crippen LogP contribution >= 0.6 is 0 Å². The molecule has 1 heterocycles. The number of carbonyl (C=O) groups is 1. The van der Waals surface area contributed by atoms with E-state index in [-0.39, 0.29) is 17.8 Å². The fourth-order valence-corrected chi connectivity index (χ4v) is 10.9. The highest BCUT2D eigenvalue weighted by molar-refractivity contribution is 6.77. The molecule has 1 saturated carbocycles. The first-order valence-electron chi connectivity index (χ1n) is 9.81. The van der Waals surface area contributed by atoms with E-state index >= 15 is 0 Å². The van der Waals surface area contributed by atoms with Crippen LogP contribution in [0.15, 0.2) is 42.7 Å². The van der Waals surface area contributed by atoms with Gasteiger partial charge in [0.15, 0.2) is 0 Å². The van der Waals surface area contributed by atoms with Crippen LogP contribution in [0.5, 0.6) is 0 Å². The molecule has 1 aliphatic heterocycles. The van der Waals surface area contributed by atoms with Crippen LogP contribution in [0.4, 0.5) is 0 Å². The van der Waals surface area contributed by atoms with Crippen molar-refractivity contribution in [1.29, 1.82) is 0 Å². The molecular formula is C22H32O3Si. The van der Waals surface area contributed by atoms with E-state index in [1.54, 1.807) is 0 Å². The fourth-order valence-electron chi connectivity index (χ4n) is 5.55. The summed E-state index contributed by atoms with van der Waals surface area (Å²) in [4.78, 5) is 12.8. The molecule has 1 saturated heterocycles. The van der Waals surface area contributed by atoms with Gasteiger partial charge in [-0.3, -0.25) is 4.79 Å². The molecule has 0 aromatic heterocycles. The van der Waals surface area contributed by atoms with Crippen LogP contribution < -0.4 is 0 Å². The van der Waals surface area contributed by atoms with Gasteiger partial charge >= 0.3 is 5.97 Å².